The molecular formula is C14H11BrF2N2O2S. The maximum absolute atomic E-state index is 13.4. The predicted octanol–water partition coefficient (Wildman–Crippen LogP) is 3.50. The smallest absolute Gasteiger partial charge is 0.264 e. The minimum atomic E-state index is -0.871. The highest BCUT2D eigenvalue weighted by atomic mass is 79.9. The molecule has 1 heterocycles. The quantitative estimate of drug-likeness (QED) is 0.871. The Bertz CT molecular complexity index is 721. The van der Waals surface area contributed by atoms with Crippen LogP contribution in [0.5, 0.6) is 0 Å². The van der Waals surface area contributed by atoms with E-state index in [1.807, 2.05) is 0 Å². The van der Waals surface area contributed by atoms with Gasteiger partial charge in [0.1, 0.15) is 11.6 Å². The van der Waals surface area contributed by atoms with Crippen LogP contribution in [0, 0.1) is 11.6 Å². The van der Waals surface area contributed by atoms with E-state index >= 15 is 0 Å². The lowest BCUT2D eigenvalue weighted by molar-refractivity contribution is -0.116. The average Bonchev–Trinajstić information content (AvgIpc) is 2.87. The maximum atomic E-state index is 13.4. The maximum Gasteiger partial charge on any atom is 0.264 e. The SMILES string of the molecule is CN(CC(=O)Nc1ccc(F)cc1F)C(=O)c1ccc(Br)s1. The Balaban J connectivity index is 1.98. The van der Waals surface area contributed by atoms with Crippen LogP contribution in [0.1, 0.15) is 9.67 Å². The van der Waals surface area contributed by atoms with E-state index in [4.69, 9.17) is 0 Å². The number of carbonyl (C=O) groups excluding carboxylic acids is 2. The van der Waals surface area contributed by atoms with Crippen LogP contribution in [0.4, 0.5) is 14.5 Å². The zero-order valence-electron chi connectivity index (χ0n) is 11.4. The molecule has 0 unspecified atom stereocenters. The first kappa shape index (κ1) is 16.6. The minimum absolute atomic E-state index is 0.133. The van der Waals surface area contributed by atoms with E-state index in [1.165, 1.54) is 23.3 Å². The summed E-state index contributed by atoms with van der Waals surface area (Å²) in [7, 11) is 1.47. The van der Waals surface area contributed by atoms with Gasteiger partial charge in [0.05, 0.1) is 20.9 Å². The topological polar surface area (TPSA) is 49.4 Å². The molecule has 0 aliphatic rings. The summed E-state index contributed by atoms with van der Waals surface area (Å²) in [6.07, 6.45) is 0. The molecule has 1 N–H and O–H groups in total. The van der Waals surface area contributed by atoms with E-state index in [0.717, 1.165) is 15.9 Å². The van der Waals surface area contributed by atoms with Crippen molar-refractivity contribution >= 4 is 44.8 Å². The molecule has 4 nitrogen and oxygen atoms in total. The van der Waals surface area contributed by atoms with Gasteiger partial charge in [-0.3, -0.25) is 9.59 Å². The Hall–Kier alpha value is -1.80. The molecule has 0 atom stereocenters. The molecule has 116 valence electrons. The van der Waals surface area contributed by atoms with Crippen molar-refractivity contribution in [3.8, 4) is 0 Å². The lowest BCUT2D eigenvalue weighted by Gasteiger charge is -2.16. The Labute approximate surface area is 137 Å². The third-order valence-electron chi connectivity index (χ3n) is 2.72. The third kappa shape index (κ3) is 4.11. The fourth-order valence-electron chi connectivity index (χ4n) is 1.69. The molecule has 22 heavy (non-hydrogen) atoms. The number of likely N-dealkylation sites (N-methyl/N-ethyl adjacent to an activating group) is 1. The third-order valence-corrected chi connectivity index (χ3v) is 4.33. The van der Waals surface area contributed by atoms with Crippen LogP contribution in [0.25, 0.3) is 0 Å². The van der Waals surface area contributed by atoms with Gasteiger partial charge in [-0.15, -0.1) is 11.3 Å². The number of nitrogens with one attached hydrogen (secondary N) is 1. The number of benzene rings is 1. The number of hydrogen-bond donors (Lipinski definition) is 1. The second-order valence-corrected chi connectivity index (χ2v) is 6.90. The average molecular weight is 389 g/mol. The molecule has 0 saturated carbocycles. The van der Waals surface area contributed by atoms with Crippen molar-refractivity contribution in [1.82, 2.24) is 4.90 Å². The fourth-order valence-corrected chi connectivity index (χ4v) is 3.07. The van der Waals surface area contributed by atoms with Crippen molar-refractivity contribution in [2.24, 2.45) is 0 Å². The number of nitrogens with zero attached hydrogens (tertiary/aromatic N) is 1. The molecule has 1 aromatic carbocycles. The van der Waals surface area contributed by atoms with Gasteiger partial charge < -0.3 is 10.2 Å². The Kier molecular flexibility index (Phi) is 5.25. The molecule has 0 spiro atoms. The van der Waals surface area contributed by atoms with Gasteiger partial charge in [-0.1, -0.05) is 0 Å². The van der Waals surface area contributed by atoms with E-state index in [2.05, 4.69) is 21.2 Å². The van der Waals surface area contributed by atoms with Gasteiger partial charge in [0.15, 0.2) is 0 Å². The summed E-state index contributed by atoms with van der Waals surface area (Å²) < 4.78 is 27.0. The van der Waals surface area contributed by atoms with E-state index < -0.39 is 17.5 Å². The van der Waals surface area contributed by atoms with E-state index in [1.54, 1.807) is 12.1 Å². The summed E-state index contributed by atoms with van der Waals surface area (Å²) in [6.45, 7) is -0.245. The first-order chi connectivity index (χ1) is 10.4. The van der Waals surface area contributed by atoms with Gasteiger partial charge in [0, 0.05) is 13.1 Å². The zero-order chi connectivity index (χ0) is 16.3. The zero-order valence-corrected chi connectivity index (χ0v) is 13.8. The first-order valence-electron chi connectivity index (χ1n) is 6.12. The largest absolute Gasteiger partial charge is 0.332 e. The molecule has 2 rings (SSSR count). The molecule has 0 aliphatic heterocycles. The van der Waals surface area contributed by atoms with Gasteiger partial charge in [0.25, 0.3) is 5.91 Å². The van der Waals surface area contributed by atoms with Crippen LogP contribution in [0.3, 0.4) is 0 Å². The van der Waals surface area contributed by atoms with Gasteiger partial charge in [-0.05, 0) is 40.2 Å². The van der Waals surface area contributed by atoms with Crippen molar-refractivity contribution in [1.29, 1.82) is 0 Å². The lowest BCUT2D eigenvalue weighted by Crippen LogP contribution is -2.34. The number of halogens is 3. The van der Waals surface area contributed by atoms with E-state index in [9.17, 15) is 18.4 Å². The van der Waals surface area contributed by atoms with Crippen molar-refractivity contribution < 1.29 is 18.4 Å². The molecule has 2 amide bonds. The van der Waals surface area contributed by atoms with Crippen LogP contribution >= 0.6 is 27.3 Å². The number of hydrogen-bond acceptors (Lipinski definition) is 3. The minimum Gasteiger partial charge on any atom is -0.332 e. The number of thiophene rings is 1. The van der Waals surface area contributed by atoms with Crippen molar-refractivity contribution in [2.45, 2.75) is 0 Å². The first-order valence-corrected chi connectivity index (χ1v) is 7.73. The highest BCUT2D eigenvalue weighted by molar-refractivity contribution is 9.11. The van der Waals surface area contributed by atoms with Crippen LogP contribution < -0.4 is 5.32 Å². The number of rotatable bonds is 4. The van der Waals surface area contributed by atoms with Crippen molar-refractivity contribution in [2.75, 3.05) is 18.9 Å². The molecule has 0 fully saturated rings. The van der Waals surface area contributed by atoms with Crippen LogP contribution in [-0.4, -0.2) is 30.3 Å². The summed E-state index contributed by atoms with van der Waals surface area (Å²) in [6, 6.07) is 6.22. The Morgan fingerprint density at radius 1 is 1.27 bits per heavy atom. The Morgan fingerprint density at radius 2 is 2.00 bits per heavy atom. The van der Waals surface area contributed by atoms with Gasteiger partial charge in [-0.25, -0.2) is 8.78 Å². The van der Waals surface area contributed by atoms with Crippen LogP contribution in [-0.2, 0) is 4.79 Å². The summed E-state index contributed by atoms with van der Waals surface area (Å²) >= 11 is 4.51. The molecule has 0 aliphatic carbocycles. The molecule has 1 aromatic heterocycles. The van der Waals surface area contributed by atoms with E-state index in [-0.39, 0.29) is 18.1 Å². The summed E-state index contributed by atoms with van der Waals surface area (Å²) in [5.41, 5.74) is -0.133. The second kappa shape index (κ2) is 6.97. The van der Waals surface area contributed by atoms with Gasteiger partial charge in [0.2, 0.25) is 5.91 Å². The lowest BCUT2D eigenvalue weighted by atomic mass is 10.3. The number of anilines is 1. The van der Waals surface area contributed by atoms with Crippen LogP contribution in [0.15, 0.2) is 34.1 Å². The van der Waals surface area contributed by atoms with E-state index in [0.29, 0.717) is 10.9 Å². The normalized spacial score (nSPS) is 10.4. The molecular weight excluding hydrogens is 378 g/mol. The highest BCUT2D eigenvalue weighted by Gasteiger charge is 2.17. The van der Waals surface area contributed by atoms with Crippen molar-refractivity contribution in [3.05, 3.63) is 50.6 Å². The van der Waals surface area contributed by atoms with Gasteiger partial charge in [-0.2, -0.15) is 0 Å². The molecule has 0 saturated heterocycles. The molecule has 8 heteroatoms. The van der Waals surface area contributed by atoms with Crippen molar-refractivity contribution in [3.63, 3.8) is 0 Å². The summed E-state index contributed by atoms with van der Waals surface area (Å²) in [4.78, 5) is 25.6. The molecule has 2 aromatic rings. The molecule has 0 bridgehead atoms. The fraction of sp³-hybridized carbons (Fsp3) is 0.143. The molecule has 0 radical (unpaired) electrons. The number of amides is 2. The second-order valence-electron chi connectivity index (χ2n) is 4.44. The summed E-state index contributed by atoms with van der Waals surface area (Å²) in [5, 5.41) is 2.30. The van der Waals surface area contributed by atoms with Gasteiger partial charge >= 0.3 is 0 Å². The number of carbonyl (C=O) groups is 2. The predicted molar refractivity (Wildman–Crippen MR) is 84.0 cm³/mol. The monoisotopic (exact) mass is 388 g/mol. The summed E-state index contributed by atoms with van der Waals surface area (Å²) in [5.74, 6) is -2.49. The highest BCUT2D eigenvalue weighted by Crippen LogP contribution is 2.23. The Morgan fingerprint density at radius 3 is 2.59 bits per heavy atom. The van der Waals surface area contributed by atoms with Crippen LogP contribution in [0.2, 0.25) is 0 Å². The standard InChI is InChI=1S/C14H11BrF2N2O2S/c1-19(14(21)11-4-5-12(15)22-11)7-13(20)18-10-3-2-8(16)6-9(10)17/h2-6H,7H2,1H3,(H,18,20).